The molecule has 0 spiro atoms. The summed E-state index contributed by atoms with van der Waals surface area (Å²) in [6.45, 7) is 3.00. The number of carbonyl (C=O) groups excluding carboxylic acids is 2. The molecule has 1 saturated heterocycles. The zero-order valence-electron chi connectivity index (χ0n) is 14.2. The van der Waals surface area contributed by atoms with Crippen molar-refractivity contribution in [2.45, 2.75) is 31.8 Å². The highest BCUT2D eigenvalue weighted by molar-refractivity contribution is 9.10. The third kappa shape index (κ3) is 3.89. The van der Waals surface area contributed by atoms with E-state index >= 15 is 0 Å². The number of benzene rings is 1. The van der Waals surface area contributed by atoms with Crippen LogP contribution in [-0.2, 0) is 20.9 Å². The molecule has 1 unspecified atom stereocenters. The summed E-state index contributed by atoms with van der Waals surface area (Å²) in [4.78, 5) is 26.6. The van der Waals surface area contributed by atoms with Gasteiger partial charge in [-0.15, -0.1) is 0 Å². The van der Waals surface area contributed by atoms with Gasteiger partial charge in [0.1, 0.15) is 11.3 Å². The maximum Gasteiger partial charge on any atom is 0.245 e. The van der Waals surface area contributed by atoms with E-state index in [-0.39, 0.29) is 11.8 Å². The van der Waals surface area contributed by atoms with Gasteiger partial charge in [0.05, 0.1) is 20.3 Å². The van der Waals surface area contributed by atoms with Crippen LogP contribution in [0, 0.1) is 0 Å². The van der Waals surface area contributed by atoms with Crippen LogP contribution in [0.25, 0.3) is 0 Å². The maximum absolute atomic E-state index is 12.6. The van der Waals surface area contributed by atoms with Crippen LogP contribution >= 0.6 is 15.9 Å². The molecule has 1 heterocycles. The molecule has 1 aliphatic heterocycles. The van der Waals surface area contributed by atoms with Crippen molar-refractivity contribution < 1.29 is 19.1 Å². The largest absolute Gasteiger partial charge is 0.496 e. The van der Waals surface area contributed by atoms with Gasteiger partial charge < -0.3 is 19.7 Å². The predicted octanol–water partition coefficient (Wildman–Crippen LogP) is 2.10. The van der Waals surface area contributed by atoms with Crippen LogP contribution in [0.2, 0.25) is 0 Å². The minimum atomic E-state index is -0.863. The number of rotatable bonds is 7. The molecule has 0 aliphatic carbocycles. The van der Waals surface area contributed by atoms with Gasteiger partial charge in [-0.25, -0.2) is 0 Å². The fourth-order valence-electron chi connectivity index (χ4n) is 2.89. The second kappa shape index (κ2) is 7.98. The lowest BCUT2D eigenvalue weighted by Gasteiger charge is -2.34. The van der Waals surface area contributed by atoms with Crippen LogP contribution in [0.15, 0.2) is 22.7 Å². The van der Waals surface area contributed by atoms with E-state index in [0.29, 0.717) is 38.3 Å². The molecular weight excluding hydrogens is 376 g/mol. The summed E-state index contributed by atoms with van der Waals surface area (Å²) in [5, 5.41) is 2.84. The van der Waals surface area contributed by atoms with E-state index in [2.05, 4.69) is 21.2 Å². The second-order valence-electron chi connectivity index (χ2n) is 5.96. The quantitative estimate of drug-likeness (QED) is 0.714. The second-order valence-corrected chi connectivity index (χ2v) is 6.87. The van der Waals surface area contributed by atoms with Crippen LogP contribution in [0.4, 0.5) is 0 Å². The summed E-state index contributed by atoms with van der Waals surface area (Å²) in [6.07, 6.45) is 0.867. The molecule has 1 aromatic rings. The van der Waals surface area contributed by atoms with E-state index < -0.39 is 5.54 Å². The fourth-order valence-corrected chi connectivity index (χ4v) is 3.30. The third-order valence-electron chi connectivity index (χ3n) is 4.37. The standard InChI is InChI=1S/C17H23BrN2O4/c1-17(16(22)19-8-9-23-2)7-6-15(21)20(17)11-12-10-13(18)4-5-14(12)24-3/h4-5,10H,6-9,11H2,1-3H3,(H,19,22). The lowest BCUT2D eigenvalue weighted by Crippen LogP contribution is -2.54. The summed E-state index contributed by atoms with van der Waals surface area (Å²) in [7, 11) is 3.17. The summed E-state index contributed by atoms with van der Waals surface area (Å²) in [5.41, 5.74) is -0.00364. The third-order valence-corrected chi connectivity index (χ3v) is 4.87. The van der Waals surface area contributed by atoms with Crippen molar-refractivity contribution in [1.29, 1.82) is 0 Å². The van der Waals surface area contributed by atoms with Crippen molar-refractivity contribution in [3.8, 4) is 5.75 Å². The molecule has 0 bridgehead atoms. The molecule has 0 aromatic heterocycles. The number of hydrogen-bond acceptors (Lipinski definition) is 4. The number of ether oxygens (including phenoxy) is 2. The molecule has 24 heavy (non-hydrogen) atoms. The summed E-state index contributed by atoms with van der Waals surface area (Å²) >= 11 is 3.44. The SMILES string of the molecule is COCCNC(=O)C1(C)CCC(=O)N1Cc1cc(Br)ccc1OC. The van der Waals surface area contributed by atoms with Crippen LogP contribution in [0.3, 0.4) is 0 Å². The van der Waals surface area contributed by atoms with E-state index in [1.165, 1.54) is 0 Å². The molecule has 1 aromatic carbocycles. The van der Waals surface area contributed by atoms with Gasteiger partial charge >= 0.3 is 0 Å². The Morgan fingerprint density at radius 3 is 2.83 bits per heavy atom. The summed E-state index contributed by atoms with van der Waals surface area (Å²) in [6, 6.07) is 5.63. The van der Waals surface area contributed by atoms with E-state index in [4.69, 9.17) is 9.47 Å². The van der Waals surface area contributed by atoms with E-state index in [9.17, 15) is 9.59 Å². The molecule has 1 fully saturated rings. The van der Waals surface area contributed by atoms with Crippen molar-refractivity contribution in [2.75, 3.05) is 27.4 Å². The number of amides is 2. The predicted molar refractivity (Wildman–Crippen MR) is 93.8 cm³/mol. The van der Waals surface area contributed by atoms with Gasteiger partial charge in [-0.1, -0.05) is 15.9 Å². The normalized spacial score (nSPS) is 20.3. The average Bonchev–Trinajstić information content (AvgIpc) is 2.85. The Balaban J connectivity index is 2.21. The van der Waals surface area contributed by atoms with Crippen molar-refractivity contribution >= 4 is 27.7 Å². The van der Waals surface area contributed by atoms with Gasteiger partial charge in [-0.2, -0.15) is 0 Å². The Bertz CT molecular complexity index is 623. The summed E-state index contributed by atoms with van der Waals surface area (Å²) in [5.74, 6) is 0.515. The Morgan fingerprint density at radius 2 is 2.17 bits per heavy atom. The minimum absolute atomic E-state index is 0.0265. The van der Waals surface area contributed by atoms with Crippen molar-refractivity contribution in [1.82, 2.24) is 10.2 Å². The average molecular weight is 399 g/mol. The van der Waals surface area contributed by atoms with Crippen molar-refractivity contribution in [2.24, 2.45) is 0 Å². The maximum atomic E-state index is 12.6. The first-order valence-corrected chi connectivity index (χ1v) is 8.62. The number of carbonyl (C=O) groups is 2. The van der Waals surface area contributed by atoms with Crippen LogP contribution in [-0.4, -0.2) is 49.6 Å². The molecule has 1 aliphatic rings. The van der Waals surface area contributed by atoms with Crippen LogP contribution < -0.4 is 10.1 Å². The molecule has 0 radical (unpaired) electrons. The van der Waals surface area contributed by atoms with E-state index in [1.807, 2.05) is 25.1 Å². The van der Waals surface area contributed by atoms with Gasteiger partial charge in [0.25, 0.3) is 0 Å². The molecule has 132 valence electrons. The lowest BCUT2D eigenvalue weighted by atomic mass is 9.97. The molecule has 7 heteroatoms. The zero-order chi connectivity index (χ0) is 17.7. The van der Waals surface area contributed by atoms with Gasteiger partial charge in [0, 0.05) is 30.1 Å². The van der Waals surface area contributed by atoms with E-state index in [0.717, 1.165) is 10.0 Å². The smallest absolute Gasteiger partial charge is 0.245 e. The molecule has 1 atom stereocenters. The van der Waals surface area contributed by atoms with Crippen molar-refractivity contribution in [3.63, 3.8) is 0 Å². The number of methoxy groups -OCH3 is 2. The van der Waals surface area contributed by atoms with Gasteiger partial charge in [-0.05, 0) is 31.5 Å². The van der Waals surface area contributed by atoms with Gasteiger partial charge in [0.2, 0.25) is 11.8 Å². The Kier molecular flexibility index (Phi) is 6.23. The first-order valence-electron chi connectivity index (χ1n) is 7.82. The van der Waals surface area contributed by atoms with Crippen LogP contribution in [0.5, 0.6) is 5.75 Å². The highest BCUT2D eigenvalue weighted by Crippen LogP contribution is 2.34. The molecule has 6 nitrogen and oxygen atoms in total. The Hall–Kier alpha value is -1.60. The Labute approximate surface area is 150 Å². The number of halogens is 1. The van der Waals surface area contributed by atoms with Crippen molar-refractivity contribution in [3.05, 3.63) is 28.2 Å². The summed E-state index contributed by atoms with van der Waals surface area (Å²) < 4.78 is 11.2. The van der Waals surface area contributed by atoms with Gasteiger partial charge in [-0.3, -0.25) is 9.59 Å². The molecule has 2 amide bonds. The van der Waals surface area contributed by atoms with Crippen LogP contribution in [0.1, 0.15) is 25.3 Å². The zero-order valence-corrected chi connectivity index (χ0v) is 15.8. The molecular formula is C17H23BrN2O4. The molecule has 1 N–H and O–H groups in total. The highest BCUT2D eigenvalue weighted by Gasteiger charge is 2.47. The first kappa shape index (κ1) is 18.7. The number of nitrogens with one attached hydrogen (secondary N) is 1. The number of hydrogen-bond donors (Lipinski definition) is 1. The molecule has 2 rings (SSSR count). The monoisotopic (exact) mass is 398 g/mol. The first-order chi connectivity index (χ1) is 11.4. The highest BCUT2D eigenvalue weighted by atomic mass is 79.9. The molecule has 0 saturated carbocycles. The number of nitrogens with zero attached hydrogens (tertiary/aromatic N) is 1. The topological polar surface area (TPSA) is 67.9 Å². The van der Waals surface area contributed by atoms with E-state index in [1.54, 1.807) is 19.1 Å². The fraction of sp³-hybridized carbons (Fsp3) is 0.529. The van der Waals surface area contributed by atoms with Gasteiger partial charge in [0.15, 0.2) is 0 Å². The minimum Gasteiger partial charge on any atom is -0.496 e. The number of likely N-dealkylation sites (tertiary alicyclic amines) is 1. The Morgan fingerprint density at radius 1 is 1.42 bits per heavy atom. The lowest BCUT2D eigenvalue weighted by molar-refractivity contribution is -0.141.